The van der Waals surface area contributed by atoms with Crippen LogP contribution in [0.5, 0.6) is 11.5 Å². The summed E-state index contributed by atoms with van der Waals surface area (Å²) in [6.07, 6.45) is 2.28. The molecule has 6 aromatic rings. The minimum absolute atomic E-state index is 0.0523. The third kappa shape index (κ3) is 11.4. The molecular formula is C47H48N8O11S2. The summed E-state index contributed by atoms with van der Waals surface area (Å²) in [5, 5.41) is 17.2. The average molecular weight is 965 g/mol. The van der Waals surface area contributed by atoms with Gasteiger partial charge in [0.2, 0.25) is 43.1 Å². The van der Waals surface area contributed by atoms with E-state index in [1.165, 1.54) is 0 Å². The molecule has 0 aliphatic heterocycles. The molecule has 8 rings (SSSR count). The van der Waals surface area contributed by atoms with E-state index in [0.717, 1.165) is 40.5 Å². The second-order valence-electron chi connectivity index (χ2n) is 16.3. The van der Waals surface area contributed by atoms with Crippen LogP contribution in [-0.4, -0.2) is 85.6 Å². The van der Waals surface area contributed by atoms with E-state index in [-0.39, 0.29) is 35.8 Å². The van der Waals surface area contributed by atoms with Gasteiger partial charge in [-0.25, -0.2) is 36.0 Å². The SMILES string of the molecule is [C-]#[N+]c1cc(-c2nc(-c3cccc4c3CC[C@H]4NS(=O)(=O)CC(=O)OC)no2)ccc1OC(C)C.[C-]#[N+]c1cc(-c2nc(-c3cccc4c3CC[C@H]4NS(=O)(=O)CCO)no2)ccc1OC(C)C. The number of sulfonamides is 2. The number of fused-ring (bicyclic) bond motifs is 2. The van der Waals surface area contributed by atoms with Gasteiger partial charge in [0, 0.05) is 34.3 Å². The standard InChI is InChI=1S/C24H24N4O6S.C23H24N4O5S/c1-14(2)33-21-11-8-15(12-20(21)25-3)24-26-23(27-34-24)18-7-5-6-17-16(18)9-10-19(17)28-35(30,31)13-22(29)32-4;1-14(2)31-21-10-7-15(13-20(21)24-3)23-25-22(26-32-23)18-6-4-5-17-16(18)8-9-19(17)27-33(29,30)12-11-28/h5-8,11-12,14,19,28H,9-10,13H2,1-2,4H3;4-7,10,13-14,19,27-28H,8-9,11-12H2,1-2H3/t2*19-/m11/s1. The van der Waals surface area contributed by atoms with Gasteiger partial charge in [0.05, 0.1) is 44.8 Å². The largest absolute Gasteiger partial charge is 0.502 e. The number of methoxy groups -OCH3 is 1. The van der Waals surface area contributed by atoms with Crippen LogP contribution in [0, 0.1) is 13.1 Å². The van der Waals surface area contributed by atoms with Gasteiger partial charge in [0.15, 0.2) is 5.75 Å². The van der Waals surface area contributed by atoms with E-state index in [1.54, 1.807) is 42.5 Å². The Labute approximate surface area is 393 Å². The maximum Gasteiger partial charge on any atom is 0.322 e. The van der Waals surface area contributed by atoms with Gasteiger partial charge in [-0.1, -0.05) is 46.7 Å². The van der Waals surface area contributed by atoms with E-state index in [0.29, 0.717) is 71.3 Å². The highest BCUT2D eigenvalue weighted by Gasteiger charge is 2.32. The van der Waals surface area contributed by atoms with Crippen LogP contribution in [0.4, 0.5) is 11.4 Å². The van der Waals surface area contributed by atoms with E-state index in [9.17, 15) is 21.6 Å². The summed E-state index contributed by atoms with van der Waals surface area (Å²) in [7, 11) is -6.28. The third-order valence-electron chi connectivity index (χ3n) is 10.8. The first kappa shape index (κ1) is 48.9. The molecule has 0 bridgehead atoms. The molecule has 2 heterocycles. The fourth-order valence-electron chi connectivity index (χ4n) is 7.92. The second kappa shape index (κ2) is 20.9. The Morgan fingerprint density at radius 2 is 1.19 bits per heavy atom. The fourth-order valence-corrected chi connectivity index (χ4v) is 10.2. The number of aliphatic hydroxyl groups excluding tert-OH is 1. The lowest BCUT2D eigenvalue weighted by Crippen LogP contribution is -2.33. The molecule has 0 amide bonds. The molecule has 2 atom stereocenters. The van der Waals surface area contributed by atoms with Crippen molar-refractivity contribution in [3.05, 3.63) is 118 Å². The minimum atomic E-state index is -3.86. The summed E-state index contributed by atoms with van der Waals surface area (Å²) >= 11 is 0. The van der Waals surface area contributed by atoms with E-state index in [2.05, 4.69) is 44.2 Å². The Hall–Kier alpha value is -7.01. The van der Waals surface area contributed by atoms with Gasteiger partial charge in [-0.3, -0.25) is 4.79 Å². The van der Waals surface area contributed by atoms with Crippen LogP contribution in [0.1, 0.15) is 74.9 Å². The fraction of sp³-hybridized carbons (Fsp3) is 0.340. The predicted octanol–water partition coefficient (Wildman–Crippen LogP) is 7.46. The quantitative estimate of drug-likeness (QED) is 0.0630. The number of rotatable bonds is 16. The number of carbonyl (C=O) groups is 1. The summed E-state index contributed by atoms with van der Waals surface area (Å²) < 4.78 is 80.9. The smallest absolute Gasteiger partial charge is 0.322 e. The maximum atomic E-state index is 12.3. The van der Waals surface area contributed by atoms with E-state index >= 15 is 0 Å². The molecule has 2 aromatic heterocycles. The highest BCUT2D eigenvalue weighted by Crippen LogP contribution is 2.41. The number of nitrogens with zero attached hydrogens (tertiary/aromatic N) is 6. The van der Waals surface area contributed by atoms with Crippen LogP contribution in [0.15, 0.2) is 81.8 Å². The van der Waals surface area contributed by atoms with Gasteiger partial charge in [-0.05, 0) is 112 Å². The lowest BCUT2D eigenvalue weighted by atomic mass is 10.0. The molecule has 2 aliphatic rings. The normalized spacial score (nSPS) is 15.2. The minimum Gasteiger partial charge on any atom is -0.502 e. The van der Waals surface area contributed by atoms with Crippen molar-refractivity contribution in [2.45, 2.75) is 77.7 Å². The van der Waals surface area contributed by atoms with Crippen molar-refractivity contribution in [1.29, 1.82) is 0 Å². The zero-order valence-electron chi connectivity index (χ0n) is 37.7. The zero-order chi connectivity index (χ0) is 48.8. The summed E-state index contributed by atoms with van der Waals surface area (Å²) in [4.78, 5) is 27.5. The van der Waals surface area contributed by atoms with Gasteiger partial charge in [0.25, 0.3) is 11.8 Å². The first-order valence-electron chi connectivity index (χ1n) is 21.5. The molecule has 0 saturated carbocycles. The first-order valence-corrected chi connectivity index (χ1v) is 24.8. The van der Waals surface area contributed by atoms with Gasteiger partial charge < -0.3 is 28.4 Å². The number of aromatic nitrogens is 4. The van der Waals surface area contributed by atoms with Crippen molar-refractivity contribution in [1.82, 2.24) is 29.7 Å². The molecule has 0 saturated heterocycles. The predicted molar refractivity (Wildman–Crippen MR) is 249 cm³/mol. The number of hydrogen-bond donors (Lipinski definition) is 3. The molecule has 0 unspecified atom stereocenters. The Bertz CT molecular complexity index is 3140. The Morgan fingerprint density at radius 1 is 0.735 bits per heavy atom. The van der Waals surface area contributed by atoms with Crippen molar-refractivity contribution < 1.29 is 50.0 Å². The Morgan fingerprint density at radius 3 is 1.60 bits per heavy atom. The number of ether oxygens (including phenoxy) is 3. The topological polar surface area (TPSA) is 244 Å². The number of esters is 1. The monoisotopic (exact) mass is 964 g/mol. The summed E-state index contributed by atoms with van der Waals surface area (Å²) in [6, 6.07) is 20.5. The third-order valence-corrected chi connectivity index (χ3v) is 13.4. The van der Waals surface area contributed by atoms with Gasteiger partial charge in [0.1, 0.15) is 11.5 Å². The van der Waals surface area contributed by atoms with Crippen LogP contribution in [0.3, 0.4) is 0 Å². The molecule has 4 aromatic carbocycles. The van der Waals surface area contributed by atoms with Crippen LogP contribution >= 0.6 is 0 Å². The lowest BCUT2D eigenvalue weighted by molar-refractivity contribution is -0.137. The van der Waals surface area contributed by atoms with Gasteiger partial charge in [-0.15, -0.1) is 0 Å². The van der Waals surface area contributed by atoms with Crippen LogP contribution < -0.4 is 18.9 Å². The summed E-state index contributed by atoms with van der Waals surface area (Å²) in [5.74, 6) is 0.383. The van der Waals surface area contributed by atoms with Crippen molar-refractivity contribution in [3.8, 4) is 57.2 Å². The van der Waals surface area contributed by atoms with E-state index < -0.39 is 44.4 Å². The molecule has 354 valence electrons. The highest BCUT2D eigenvalue weighted by molar-refractivity contribution is 7.90. The number of hydrogen-bond acceptors (Lipinski definition) is 15. The van der Waals surface area contributed by atoms with Crippen LogP contribution in [-0.2, 0) is 42.4 Å². The number of aliphatic hydroxyl groups is 1. The Balaban J connectivity index is 0.000000202. The number of benzene rings is 4. The average Bonchev–Trinajstić information content (AvgIpc) is 4.14. The van der Waals surface area contributed by atoms with Crippen LogP contribution in [0.2, 0.25) is 0 Å². The molecule has 3 N–H and O–H groups in total. The van der Waals surface area contributed by atoms with Crippen molar-refractivity contribution >= 4 is 37.4 Å². The molecule has 2 aliphatic carbocycles. The lowest BCUT2D eigenvalue weighted by Gasteiger charge is -2.14. The summed E-state index contributed by atoms with van der Waals surface area (Å²) in [5.41, 5.74) is 6.95. The van der Waals surface area contributed by atoms with E-state index in [4.69, 9.17) is 36.8 Å². The Kier molecular flexibility index (Phi) is 15.0. The molecule has 19 nitrogen and oxygen atoms in total. The molecule has 68 heavy (non-hydrogen) atoms. The molecule has 0 radical (unpaired) electrons. The number of nitrogens with one attached hydrogen (secondary N) is 2. The van der Waals surface area contributed by atoms with Crippen molar-refractivity contribution in [2.75, 3.05) is 25.2 Å². The first-order chi connectivity index (χ1) is 32.5. The maximum absolute atomic E-state index is 12.3. The van der Waals surface area contributed by atoms with Crippen molar-refractivity contribution in [2.24, 2.45) is 0 Å². The molecule has 0 spiro atoms. The molecule has 21 heteroatoms. The molecule has 0 fully saturated rings. The van der Waals surface area contributed by atoms with Crippen LogP contribution in [0.25, 0.3) is 55.4 Å². The van der Waals surface area contributed by atoms with Crippen molar-refractivity contribution in [3.63, 3.8) is 0 Å². The zero-order valence-corrected chi connectivity index (χ0v) is 39.3. The molecular weight excluding hydrogens is 917 g/mol. The second-order valence-corrected chi connectivity index (χ2v) is 19.9. The van der Waals surface area contributed by atoms with E-state index in [1.807, 2.05) is 58.0 Å². The highest BCUT2D eigenvalue weighted by atomic mass is 32.2. The number of carbonyl (C=O) groups excluding carboxylic acids is 1. The van der Waals surface area contributed by atoms with Gasteiger partial charge in [-0.2, -0.15) is 9.97 Å². The van der Waals surface area contributed by atoms with Gasteiger partial charge >= 0.3 is 5.97 Å². The summed E-state index contributed by atoms with van der Waals surface area (Å²) in [6.45, 7) is 22.0.